The summed E-state index contributed by atoms with van der Waals surface area (Å²) in [5.41, 5.74) is 3.50. The molecule has 2 rings (SSSR count). The standard InChI is InChI=1S/C11H19N3S/c1-9-4-3-5-10(2)14(9)13-8-11-12-6-7-15-11/h6-7,9-10,13H,3-5,8H2,1-2H3. The van der Waals surface area contributed by atoms with E-state index in [0.717, 1.165) is 6.54 Å². The number of hydrogen-bond acceptors (Lipinski definition) is 4. The van der Waals surface area contributed by atoms with Gasteiger partial charge in [-0.3, -0.25) is 0 Å². The summed E-state index contributed by atoms with van der Waals surface area (Å²) in [6, 6.07) is 1.29. The van der Waals surface area contributed by atoms with Crippen LogP contribution in [0.4, 0.5) is 0 Å². The molecule has 2 atom stereocenters. The highest BCUT2D eigenvalue weighted by molar-refractivity contribution is 7.09. The Labute approximate surface area is 95.5 Å². The lowest BCUT2D eigenvalue weighted by Gasteiger charge is -2.38. The van der Waals surface area contributed by atoms with E-state index in [1.807, 2.05) is 11.6 Å². The van der Waals surface area contributed by atoms with E-state index in [9.17, 15) is 0 Å². The minimum Gasteiger partial charge on any atom is -0.248 e. The highest BCUT2D eigenvalue weighted by Gasteiger charge is 2.24. The van der Waals surface area contributed by atoms with E-state index in [-0.39, 0.29) is 0 Å². The van der Waals surface area contributed by atoms with Crippen molar-refractivity contribution in [1.29, 1.82) is 0 Å². The van der Waals surface area contributed by atoms with Crippen LogP contribution in [-0.4, -0.2) is 22.1 Å². The molecule has 1 fully saturated rings. The predicted molar refractivity (Wildman–Crippen MR) is 63.6 cm³/mol. The lowest BCUT2D eigenvalue weighted by atomic mass is 10.00. The predicted octanol–water partition coefficient (Wildman–Crippen LogP) is 2.41. The summed E-state index contributed by atoms with van der Waals surface area (Å²) in [5.74, 6) is 0. The Morgan fingerprint density at radius 1 is 1.47 bits per heavy atom. The molecule has 2 heterocycles. The second-order valence-electron chi connectivity index (χ2n) is 4.30. The zero-order valence-electron chi connectivity index (χ0n) is 9.44. The number of hydrogen-bond donors (Lipinski definition) is 1. The maximum absolute atomic E-state index is 4.28. The van der Waals surface area contributed by atoms with E-state index < -0.39 is 0 Å². The highest BCUT2D eigenvalue weighted by atomic mass is 32.1. The van der Waals surface area contributed by atoms with E-state index >= 15 is 0 Å². The summed E-state index contributed by atoms with van der Waals surface area (Å²) >= 11 is 1.71. The quantitative estimate of drug-likeness (QED) is 0.856. The van der Waals surface area contributed by atoms with Crippen molar-refractivity contribution in [3.8, 4) is 0 Å². The third-order valence-electron chi connectivity index (χ3n) is 3.09. The fourth-order valence-corrected chi connectivity index (χ4v) is 2.78. The largest absolute Gasteiger partial charge is 0.248 e. The zero-order chi connectivity index (χ0) is 10.7. The van der Waals surface area contributed by atoms with E-state index in [0.29, 0.717) is 12.1 Å². The van der Waals surface area contributed by atoms with Gasteiger partial charge in [-0.25, -0.2) is 15.4 Å². The number of rotatable bonds is 3. The first-order valence-electron chi connectivity index (χ1n) is 5.67. The Balaban J connectivity index is 1.86. The van der Waals surface area contributed by atoms with Crippen LogP contribution in [0.25, 0.3) is 0 Å². The molecule has 1 aliphatic rings. The third kappa shape index (κ3) is 2.77. The molecular formula is C11H19N3S. The molecule has 1 N–H and O–H groups in total. The van der Waals surface area contributed by atoms with Gasteiger partial charge in [-0.2, -0.15) is 0 Å². The van der Waals surface area contributed by atoms with Crippen molar-refractivity contribution >= 4 is 11.3 Å². The van der Waals surface area contributed by atoms with Crippen LogP contribution < -0.4 is 5.43 Å². The number of nitrogens with zero attached hydrogens (tertiary/aromatic N) is 2. The van der Waals surface area contributed by atoms with Gasteiger partial charge in [-0.1, -0.05) is 6.42 Å². The van der Waals surface area contributed by atoms with Crippen molar-refractivity contribution in [2.75, 3.05) is 0 Å². The monoisotopic (exact) mass is 225 g/mol. The average Bonchev–Trinajstić information content (AvgIpc) is 2.70. The Bertz CT molecular complexity index is 276. The SMILES string of the molecule is CC1CCCC(C)N1NCc1nccs1. The molecule has 4 heteroatoms. The maximum Gasteiger partial charge on any atom is 0.108 e. The molecule has 15 heavy (non-hydrogen) atoms. The number of thiazole rings is 1. The van der Waals surface area contributed by atoms with Gasteiger partial charge in [0.2, 0.25) is 0 Å². The molecule has 0 aliphatic carbocycles. The molecule has 3 nitrogen and oxygen atoms in total. The number of aromatic nitrogens is 1. The van der Waals surface area contributed by atoms with Gasteiger partial charge in [0.05, 0.1) is 6.54 Å². The maximum atomic E-state index is 4.28. The lowest BCUT2D eigenvalue weighted by Crippen LogP contribution is -2.51. The first kappa shape index (κ1) is 11.0. The molecule has 1 aliphatic heterocycles. The number of hydrazine groups is 1. The Hall–Kier alpha value is -0.450. The fraction of sp³-hybridized carbons (Fsp3) is 0.727. The van der Waals surface area contributed by atoms with Gasteiger partial charge in [-0.05, 0) is 26.7 Å². The van der Waals surface area contributed by atoms with Gasteiger partial charge in [-0.15, -0.1) is 11.3 Å². The van der Waals surface area contributed by atoms with Crippen molar-refractivity contribution in [3.63, 3.8) is 0 Å². The van der Waals surface area contributed by atoms with Crippen molar-refractivity contribution < 1.29 is 0 Å². The topological polar surface area (TPSA) is 28.2 Å². The molecule has 84 valence electrons. The van der Waals surface area contributed by atoms with Gasteiger partial charge < -0.3 is 0 Å². The van der Waals surface area contributed by atoms with Crippen LogP contribution in [0.1, 0.15) is 38.1 Å². The molecular weight excluding hydrogens is 206 g/mol. The summed E-state index contributed by atoms with van der Waals surface area (Å²) in [7, 11) is 0. The summed E-state index contributed by atoms with van der Waals surface area (Å²) < 4.78 is 0. The van der Waals surface area contributed by atoms with Gasteiger partial charge in [0.25, 0.3) is 0 Å². The van der Waals surface area contributed by atoms with Crippen LogP contribution in [0, 0.1) is 0 Å². The van der Waals surface area contributed by atoms with Crippen LogP contribution in [0.2, 0.25) is 0 Å². The van der Waals surface area contributed by atoms with Gasteiger partial charge in [0.15, 0.2) is 0 Å². The Kier molecular flexibility index (Phi) is 3.72. The number of nitrogens with one attached hydrogen (secondary N) is 1. The molecule has 0 saturated carbocycles. The normalized spacial score (nSPS) is 28.1. The molecule has 0 radical (unpaired) electrons. The first-order valence-corrected chi connectivity index (χ1v) is 6.55. The van der Waals surface area contributed by atoms with Crippen molar-refractivity contribution in [2.45, 2.75) is 51.7 Å². The van der Waals surface area contributed by atoms with Gasteiger partial charge in [0.1, 0.15) is 5.01 Å². The minimum absolute atomic E-state index is 0.647. The lowest BCUT2D eigenvalue weighted by molar-refractivity contribution is 0.0435. The molecule has 0 bridgehead atoms. The summed E-state index contributed by atoms with van der Waals surface area (Å²) in [6.07, 6.45) is 5.83. The smallest absolute Gasteiger partial charge is 0.108 e. The second kappa shape index (κ2) is 5.05. The molecule has 2 unspecified atom stereocenters. The second-order valence-corrected chi connectivity index (χ2v) is 5.28. The summed E-state index contributed by atoms with van der Waals surface area (Å²) in [6.45, 7) is 5.46. The van der Waals surface area contributed by atoms with E-state index in [2.05, 4.69) is 29.3 Å². The molecule has 1 aromatic rings. The van der Waals surface area contributed by atoms with Crippen LogP contribution in [0.15, 0.2) is 11.6 Å². The van der Waals surface area contributed by atoms with Gasteiger partial charge >= 0.3 is 0 Å². The van der Waals surface area contributed by atoms with Crippen LogP contribution in [-0.2, 0) is 6.54 Å². The minimum atomic E-state index is 0.647. The van der Waals surface area contributed by atoms with Crippen molar-refractivity contribution in [3.05, 3.63) is 16.6 Å². The van der Waals surface area contributed by atoms with Crippen LogP contribution in [0.5, 0.6) is 0 Å². The van der Waals surface area contributed by atoms with E-state index in [4.69, 9.17) is 0 Å². The summed E-state index contributed by atoms with van der Waals surface area (Å²) in [4.78, 5) is 4.28. The highest BCUT2D eigenvalue weighted by Crippen LogP contribution is 2.20. The number of piperidine rings is 1. The molecule has 0 aromatic carbocycles. The molecule has 1 aromatic heterocycles. The first-order chi connectivity index (χ1) is 7.27. The van der Waals surface area contributed by atoms with E-state index in [1.54, 1.807) is 11.3 Å². The summed E-state index contributed by atoms with van der Waals surface area (Å²) in [5, 5.41) is 5.59. The molecule has 1 saturated heterocycles. The van der Waals surface area contributed by atoms with E-state index in [1.165, 1.54) is 24.3 Å². The van der Waals surface area contributed by atoms with Crippen LogP contribution in [0.3, 0.4) is 0 Å². The molecule has 0 spiro atoms. The molecule has 0 amide bonds. The average molecular weight is 225 g/mol. The zero-order valence-corrected chi connectivity index (χ0v) is 10.3. The Morgan fingerprint density at radius 3 is 2.80 bits per heavy atom. The van der Waals surface area contributed by atoms with Crippen molar-refractivity contribution in [1.82, 2.24) is 15.4 Å². The van der Waals surface area contributed by atoms with Crippen LogP contribution >= 0.6 is 11.3 Å². The van der Waals surface area contributed by atoms with Gasteiger partial charge in [0, 0.05) is 23.7 Å². The third-order valence-corrected chi connectivity index (χ3v) is 3.87. The van der Waals surface area contributed by atoms with Crippen molar-refractivity contribution in [2.24, 2.45) is 0 Å². The fourth-order valence-electron chi connectivity index (χ4n) is 2.23. The Morgan fingerprint density at radius 2 is 2.20 bits per heavy atom.